The quantitative estimate of drug-likeness (QED) is 0.718. The number of carbonyl (C=O) groups is 1. The average molecular weight is 388 g/mol. The van der Waals surface area contributed by atoms with Gasteiger partial charge in [-0.25, -0.2) is 9.37 Å². The Morgan fingerprint density at radius 3 is 2.83 bits per heavy atom. The summed E-state index contributed by atoms with van der Waals surface area (Å²) in [6, 6.07) is 12.4. The molecular weight excluding hydrogens is 373 g/mol. The second-order valence-electron chi connectivity index (χ2n) is 5.99. The van der Waals surface area contributed by atoms with E-state index in [9.17, 15) is 9.18 Å². The number of nitrogens with zero attached hydrogens (tertiary/aromatic N) is 2. The van der Waals surface area contributed by atoms with E-state index in [1.165, 1.54) is 6.07 Å². The Balaban J connectivity index is 1.61. The van der Waals surface area contributed by atoms with E-state index in [-0.39, 0.29) is 18.1 Å². The van der Waals surface area contributed by atoms with Crippen molar-refractivity contribution in [3.05, 3.63) is 58.6 Å². The summed E-state index contributed by atoms with van der Waals surface area (Å²) in [6.45, 7) is 0.127. The number of aromatic nitrogens is 2. The number of anilines is 1. The highest BCUT2D eigenvalue weighted by Gasteiger charge is 2.30. The van der Waals surface area contributed by atoms with Gasteiger partial charge in [0.05, 0.1) is 16.7 Å². The van der Waals surface area contributed by atoms with Gasteiger partial charge in [-0.15, -0.1) is 0 Å². The summed E-state index contributed by atoms with van der Waals surface area (Å²) in [6.07, 6.45) is 2.21. The highest BCUT2D eigenvalue weighted by atomic mass is 79.9. The highest BCUT2D eigenvalue weighted by Crippen LogP contribution is 2.40. The number of fused-ring (bicyclic) bond motifs is 1. The van der Waals surface area contributed by atoms with E-state index < -0.39 is 5.82 Å². The lowest BCUT2D eigenvalue weighted by Crippen LogP contribution is -2.20. The first-order valence-corrected chi connectivity index (χ1v) is 8.61. The number of benzene rings is 2. The minimum Gasteiger partial charge on any atom is -0.322 e. The molecule has 1 heterocycles. The van der Waals surface area contributed by atoms with Crippen molar-refractivity contribution in [1.29, 1.82) is 0 Å². The number of hydrogen-bond donors (Lipinski definition) is 1. The molecule has 0 atom stereocenters. The first-order valence-electron chi connectivity index (χ1n) is 7.82. The Bertz CT molecular complexity index is 933. The lowest BCUT2D eigenvalue weighted by atomic mass is 10.3. The van der Waals surface area contributed by atoms with Gasteiger partial charge < -0.3 is 9.88 Å². The number of nitrogens with one attached hydrogen (secondary N) is 1. The summed E-state index contributed by atoms with van der Waals surface area (Å²) < 4.78 is 16.5. The molecule has 1 aromatic heterocycles. The fraction of sp³-hybridized carbons (Fsp3) is 0.222. The predicted molar refractivity (Wildman–Crippen MR) is 94.4 cm³/mol. The maximum absolute atomic E-state index is 13.9. The smallest absolute Gasteiger partial charge is 0.244 e. The van der Waals surface area contributed by atoms with E-state index in [2.05, 4.69) is 26.2 Å². The summed E-state index contributed by atoms with van der Waals surface area (Å²) >= 11 is 3.21. The number of halogens is 2. The number of para-hydroxylation sites is 2. The third kappa shape index (κ3) is 2.94. The molecule has 2 aromatic carbocycles. The van der Waals surface area contributed by atoms with Crippen LogP contribution in [0.2, 0.25) is 0 Å². The molecule has 6 heteroatoms. The first-order chi connectivity index (χ1) is 11.6. The van der Waals surface area contributed by atoms with Crippen LogP contribution < -0.4 is 5.32 Å². The van der Waals surface area contributed by atoms with Crippen LogP contribution in [0.3, 0.4) is 0 Å². The number of imidazole rings is 1. The third-order valence-corrected chi connectivity index (χ3v) is 4.63. The van der Waals surface area contributed by atoms with E-state index in [1.807, 2.05) is 28.8 Å². The van der Waals surface area contributed by atoms with Crippen LogP contribution in [0.25, 0.3) is 11.0 Å². The van der Waals surface area contributed by atoms with Gasteiger partial charge in [-0.1, -0.05) is 28.1 Å². The van der Waals surface area contributed by atoms with Crippen molar-refractivity contribution in [3.8, 4) is 0 Å². The van der Waals surface area contributed by atoms with E-state index >= 15 is 0 Å². The van der Waals surface area contributed by atoms with Crippen molar-refractivity contribution in [2.45, 2.75) is 25.3 Å². The van der Waals surface area contributed by atoms with Crippen LogP contribution in [-0.2, 0) is 11.3 Å². The maximum Gasteiger partial charge on any atom is 0.244 e. The lowest BCUT2D eigenvalue weighted by molar-refractivity contribution is -0.116. The molecule has 3 aromatic rings. The molecule has 1 aliphatic rings. The number of carbonyl (C=O) groups excluding carboxylic acids is 1. The van der Waals surface area contributed by atoms with Crippen molar-refractivity contribution in [3.63, 3.8) is 0 Å². The van der Waals surface area contributed by atoms with Crippen molar-refractivity contribution in [1.82, 2.24) is 9.55 Å². The Hall–Kier alpha value is -2.21. The number of hydrogen-bond acceptors (Lipinski definition) is 2. The SMILES string of the molecule is O=C(Cn1c(C2CC2)nc2ccccc21)Nc1ccc(Br)cc1F. The fourth-order valence-electron chi connectivity index (χ4n) is 2.84. The maximum atomic E-state index is 13.9. The van der Waals surface area contributed by atoms with Crippen LogP contribution in [0.1, 0.15) is 24.6 Å². The number of rotatable bonds is 4. The largest absolute Gasteiger partial charge is 0.322 e. The van der Waals surface area contributed by atoms with Gasteiger partial charge in [0.1, 0.15) is 18.2 Å². The van der Waals surface area contributed by atoms with E-state index in [1.54, 1.807) is 12.1 Å². The molecule has 122 valence electrons. The van der Waals surface area contributed by atoms with Gasteiger partial charge in [-0.05, 0) is 43.2 Å². The van der Waals surface area contributed by atoms with Gasteiger partial charge in [-0.3, -0.25) is 4.79 Å². The zero-order chi connectivity index (χ0) is 16.7. The van der Waals surface area contributed by atoms with E-state index in [0.717, 1.165) is 29.7 Å². The van der Waals surface area contributed by atoms with Crippen LogP contribution in [0.15, 0.2) is 46.9 Å². The Morgan fingerprint density at radius 1 is 1.29 bits per heavy atom. The molecule has 1 amide bonds. The summed E-state index contributed by atoms with van der Waals surface area (Å²) in [4.78, 5) is 17.1. The van der Waals surface area contributed by atoms with Gasteiger partial charge in [0.15, 0.2) is 0 Å². The fourth-order valence-corrected chi connectivity index (χ4v) is 3.17. The standard InChI is InChI=1S/C18H15BrFN3O/c19-12-7-8-14(13(20)9-12)21-17(24)10-23-16-4-2-1-3-15(16)22-18(23)11-5-6-11/h1-4,7-9,11H,5-6,10H2,(H,21,24). The Labute approximate surface area is 146 Å². The Morgan fingerprint density at radius 2 is 2.08 bits per heavy atom. The van der Waals surface area contributed by atoms with Crippen LogP contribution in [0, 0.1) is 5.82 Å². The minimum atomic E-state index is -0.462. The number of amides is 1. The monoisotopic (exact) mass is 387 g/mol. The second-order valence-corrected chi connectivity index (χ2v) is 6.91. The van der Waals surface area contributed by atoms with Crippen molar-refractivity contribution in [2.24, 2.45) is 0 Å². The molecule has 1 N–H and O–H groups in total. The van der Waals surface area contributed by atoms with Gasteiger partial charge in [0.25, 0.3) is 0 Å². The zero-order valence-electron chi connectivity index (χ0n) is 12.8. The molecule has 0 saturated heterocycles. The molecule has 4 rings (SSSR count). The topological polar surface area (TPSA) is 46.9 Å². The van der Waals surface area contributed by atoms with E-state index in [0.29, 0.717) is 10.4 Å². The van der Waals surface area contributed by atoms with Crippen LogP contribution in [0.4, 0.5) is 10.1 Å². The average Bonchev–Trinajstić information content (AvgIpc) is 3.34. The van der Waals surface area contributed by atoms with E-state index in [4.69, 9.17) is 0 Å². The molecule has 0 bridgehead atoms. The van der Waals surface area contributed by atoms with Crippen LogP contribution in [0.5, 0.6) is 0 Å². The van der Waals surface area contributed by atoms with Crippen molar-refractivity contribution < 1.29 is 9.18 Å². The highest BCUT2D eigenvalue weighted by molar-refractivity contribution is 9.10. The van der Waals surface area contributed by atoms with Crippen molar-refractivity contribution in [2.75, 3.05) is 5.32 Å². The van der Waals surface area contributed by atoms with Gasteiger partial charge in [0.2, 0.25) is 5.91 Å². The van der Waals surface area contributed by atoms with Crippen LogP contribution in [-0.4, -0.2) is 15.5 Å². The molecule has 4 nitrogen and oxygen atoms in total. The molecule has 0 aliphatic heterocycles. The molecule has 1 saturated carbocycles. The second kappa shape index (κ2) is 6.02. The third-order valence-electron chi connectivity index (χ3n) is 4.13. The van der Waals surface area contributed by atoms with Gasteiger partial charge in [-0.2, -0.15) is 0 Å². The normalized spacial score (nSPS) is 14.1. The predicted octanol–water partition coefficient (Wildman–Crippen LogP) is 4.45. The minimum absolute atomic E-state index is 0.127. The summed E-state index contributed by atoms with van der Waals surface area (Å²) in [7, 11) is 0. The molecule has 24 heavy (non-hydrogen) atoms. The lowest BCUT2D eigenvalue weighted by Gasteiger charge is -2.10. The molecule has 1 aliphatic carbocycles. The summed E-state index contributed by atoms with van der Waals surface area (Å²) in [5.74, 6) is 0.647. The first kappa shape index (κ1) is 15.3. The summed E-state index contributed by atoms with van der Waals surface area (Å²) in [5.41, 5.74) is 2.01. The summed E-state index contributed by atoms with van der Waals surface area (Å²) in [5, 5.41) is 2.64. The molecular formula is C18H15BrFN3O. The van der Waals surface area contributed by atoms with Crippen molar-refractivity contribution >= 4 is 38.6 Å². The molecule has 1 fully saturated rings. The molecule has 0 spiro atoms. The van der Waals surface area contributed by atoms with Crippen LogP contribution >= 0.6 is 15.9 Å². The van der Waals surface area contributed by atoms with Gasteiger partial charge >= 0.3 is 0 Å². The Kier molecular flexibility index (Phi) is 3.84. The molecule has 0 radical (unpaired) electrons. The van der Waals surface area contributed by atoms with Gasteiger partial charge in [0, 0.05) is 10.4 Å². The zero-order valence-corrected chi connectivity index (χ0v) is 14.4. The molecule has 0 unspecified atom stereocenters.